The van der Waals surface area contributed by atoms with Gasteiger partial charge in [0.1, 0.15) is 12.2 Å². The first kappa shape index (κ1) is 14.5. The van der Waals surface area contributed by atoms with Gasteiger partial charge < -0.3 is 5.32 Å². The Balaban J connectivity index is 2.12. The Kier molecular flexibility index (Phi) is 4.99. The standard InChI is InChI=1S/C13H16Br2N4/c1-3-4-19-12(17-8-18-19)7-16-13-10(14)5-9(2)6-11(13)15/h5-6,8,16H,3-4,7H2,1-2H3. The highest BCUT2D eigenvalue weighted by Crippen LogP contribution is 2.32. The quantitative estimate of drug-likeness (QED) is 0.838. The maximum atomic E-state index is 4.29. The van der Waals surface area contributed by atoms with Gasteiger partial charge in [0.2, 0.25) is 0 Å². The van der Waals surface area contributed by atoms with E-state index in [1.165, 1.54) is 5.56 Å². The summed E-state index contributed by atoms with van der Waals surface area (Å²) in [7, 11) is 0. The van der Waals surface area contributed by atoms with Gasteiger partial charge in [-0.25, -0.2) is 9.67 Å². The molecule has 2 rings (SSSR count). The van der Waals surface area contributed by atoms with Crippen molar-refractivity contribution >= 4 is 37.5 Å². The van der Waals surface area contributed by atoms with E-state index in [0.29, 0.717) is 6.54 Å². The Morgan fingerprint density at radius 1 is 1.26 bits per heavy atom. The summed E-state index contributed by atoms with van der Waals surface area (Å²) in [5.74, 6) is 0.946. The summed E-state index contributed by atoms with van der Waals surface area (Å²) < 4.78 is 4.02. The molecule has 0 aliphatic rings. The second-order valence-corrected chi connectivity index (χ2v) is 6.07. The number of nitrogens with one attached hydrogen (secondary N) is 1. The van der Waals surface area contributed by atoms with Crippen molar-refractivity contribution in [2.75, 3.05) is 5.32 Å². The lowest BCUT2D eigenvalue weighted by molar-refractivity contribution is 0.574. The molecule has 1 aromatic carbocycles. The van der Waals surface area contributed by atoms with Gasteiger partial charge >= 0.3 is 0 Å². The van der Waals surface area contributed by atoms with Crippen LogP contribution in [0.2, 0.25) is 0 Å². The first-order valence-corrected chi connectivity index (χ1v) is 7.76. The molecule has 0 aliphatic heterocycles. The molecule has 102 valence electrons. The highest BCUT2D eigenvalue weighted by molar-refractivity contribution is 9.11. The van der Waals surface area contributed by atoms with E-state index in [2.05, 4.69) is 73.2 Å². The van der Waals surface area contributed by atoms with Crippen molar-refractivity contribution in [1.29, 1.82) is 0 Å². The molecule has 0 bridgehead atoms. The third kappa shape index (κ3) is 3.57. The summed E-state index contributed by atoms with van der Waals surface area (Å²) in [5.41, 5.74) is 2.25. The smallest absolute Gasteiger partial charge is 0.146 e. The minimum absolute atomic E-state index is 0.653. The lowest BCUT2D eigenvalue weighted by Crippen LogP contribution is -2.10. The number of benzene rings is 1. The van der Waals surface area contributed by atoms with Crippen LogP contribution in [0, 0.1) is 6.92 Å². The first-order valence-electron chi connectivity index (χ1n) is 6.18. The summed E-state index contributed by atoms with van der Waals surface area (Å²) in [6.45, 7) is 5.75. The number of aryl methyl sites for hydroxylation is 2. The molecular weight excluding hydrogens is 372 g/mol. The molecule has 0 fully saturated rings. The van der Waals surface area contributed by atoms with Crippen LogP contribution in [0.1, 0.15) is 24.7 Å². The minimum atomic E-state index is 0.653. The number of nitrogens with zero attached hydrogens (tertiary/aromatic N) is 3. The Labute approximate surface area is 129 Å². The van der Waals surface area contributed by atoms with Gasteiger partial charge in [0.05, 0.1) is 12.2 Å². The summed E-state index contributed by atoms with van der Waals surface area (Å²) in [5, 5.41) is 7.61. The predicted octanol–water partition coefficient (Wildman–Crippen LogP) is 4.13. The van der Waals surface area contributed by atoms with Gasteiger partial charge in [-0.1, -0.05) is 6.92 Å². The third-order valence-corrected chi connectivity index (χ3v) is 3.99. The lowest BCUT2D eigenvalue weighted by Gasteiger charge is -2.12. The topological polar surface area (TPSA) is 42.7 Å². The molecule has 4 nitrogen and oxygen atoms in total. The van der Waals surface area contributed by atoms with E-state index in [-0.39, 0.29) is 0 Å². The average molecular weight is 388 g/mol. The van der Waals surface area contributed by atoms with E-state index < -0.39 is 0 Å². The summed E-state index contributed by atoms with van der Waals surface area (Å²) in [4.78, 5) is 4.29. The van der Waals surface area contributed by atoms with Crippen LogP contribution < -0.4 is 5.32 Å². The average Bonchev–Trinajstić information content (AvgIpc) is 2.76. The summed E-state index contributed by atoms with van der Waals surface area (Å²) in [6.07, 6.45) is 2.65. The number of rotatable bonds is 5. The van der Waals surface area contributed by atoms with Crippen LogP contribution in [0.25, 0.3) is 0 Å². The molecule has 0 amide bonds. The van der Waals surface area contributed by atoms with Crippen LogP contribution in [0.5, 0.6) is 0 Å². The number of anilines is 1. The first-order chi connectivity index (χ1) is 9.11. The van der Waals surface area contributed by atoms with Gasteiger partial charge in [-0.15, -0.1) is 0 Å². The predicted molar refractivity (Wildman–Crippen MR) is 84.2 cm³/mol. The Morgan fingerprint density at radius 3 is 2.58 bits per heavy atom. The van der Waals surface area contributed by atoms with Crippen LogP contribution in [-0.2, 0) is 13.1 Å². The van der Waals surface area contributed by atoms with E-state index in [0.717, 1.165) is 33.4 Å². The highest BCUT2D eigenvalue weighted by Gasteiger charge is 2.08. The Hall–Kier alpha value is -0.880. The van der Waals surface area contributed by atoms with Crippen molar-refractivity contribution in [3.05, 3.63) is 38.8 Å². The molecule has 1 aromatic heterocycles. The van der Waals surface area contributed by atoms with E-state index in [1.807, 2.05) is 4.68 Å². The molecule has 6 heteroatoms. The largest absolute Gasteiger partial charge is 0.376 e. The normalized spacial score (nSPS) is 10.7. The molecule has 0 aliphatic carbocycles. The molecular formula is C13H16Br2N4. The van der Waals surface area contributed by atoms with Gasteiger partial charge in [0, 0.05) is 15.5 Å². The van der Waals surface area contributed by atoms with Gasteiger partial charge in [-0.2, -0.15) is 5.10 Å². The zero-order valence-corrected chi connectivity index (χ0v) is 14.1. The fourth-order valence-corrected chi connectivity index (χ4v) is 3.56. The Bertz CT molecular complexity index is 543. The van der Waals surface area contributed by atoms with Crippen molar-refractivity contribution in [3.63, 3.8) is 0 Å². The number of aromatic nitrogens is 3. The number of halogens is 2. The van der Waals surface area contributed by atoms with Crippen LogP contribution in [0.4, 0.5) is 5.69 Å². The zero-order valence-electron chi connectivity index (χ0n) is 11.0. The van der Waals surface area contributed by atoms with Crippen LogP contribution in [0.3, 0.4) is 0 Å². The number of hydrogen-bond donors (Lipinski definition) is 1. The maximum absolute atomic E-state index is 4.29. The second kappa shape index (κ2) is 6.52. The molecule has 2 aromatic rings. The molecule has 1 heterocycles. The van der Waals surface area contributed by atoms with Gasteiger partial charge in [-0.05, 0) is 62.9 Å². The molecule has 0 saturated carbocycles. The van der Waals surface area contributed by atoms with E-state index in [1.54, 1.807) is 6.33 Å². The fourth-order valence-electron chi connectivity index (χ4n) is 1.86. The van der Waals surface area contributed by atoms with Crippen LogP contribution >= 0.6 is 31.9 Å². The minimum Gasteiger partial charge on any atom is -0.376 e. The van der Waals surface area contributed by atoms with Crippen LogP contribution in [0.15, 0.2) is 27.4 Å². The summed E-state index contributed by atoms with van der Waals surface area (Å²) >= 11 is 7.15. The molecule has 0 unspecified atom stereocenters. The van der Waals surface area contributed by atoms with Crippen LogP contribution in [-0.4, -0.2) is 14.8 Å². The molecule has 0 spiro atoms. The van der Waals surface area contributed by atoms with E-state index in [9.17, 15) is 0 Å². The molecule has 1 N–H and O–H groups in total. The van der Waals surface area contributed by atoms with Crippen molar-refractivity contribution in [2.45, 2.75) is 33.4 Å². The fraction of sp³-hybridized carbons (Fsp3) is 0.385. The number of hydrogen-bond acceptors (Lipinski definition) is 3. The molecule has 0 atom stereocenters. The van der Waals surface area contributed by atoms with Crippen molar-refractivity contribution in [3.8, 4) is 0 Å². The monoisotopic (exact) mass is 386 g/mol. The van der Waals surface area contributed by atoms with Gasteiger partial charge in [0.15, 0.2) is 0 Å². The molecule has 0 saturated heterocycles. The molecule has 19 heavy (non-hydrogen) atoms. The van der Waals surface area contributed by atoms with Gasteiger partial charge in [0.25, 0.3) is 0 Å². The van der Waals surface area contributed by atoms with Crippen molar-refractivity contribution < 1.29 is 0 Å². The van der Waals surface area contributed by atoms with E-state index >= 15 is 0 Å². The van der Waals surface area contributed by atoms with Crippen molar-refractivity contribution in [2.24, 2.45) is 0 Å². The summed E-state index contributed by atoms with van der Waals surface area (Å²) in [6, 6.07) is 4.17. The maximum Gasteiger partial charge on any atom is 0.146 e. The highest BCUT2D eigenvalue weighted by atomic mass is 79.9. The lowest BCUT2D eigenvalue weighted by atomic mass is 10.2. The van der Waals surface area contributed by atoms with Crippen molar-refractivity contribution in [1.82, 2.24) is 14.8 Å². The second-order valence-electron chi connectivity index (χ2n) is 4.36. The van der Waals surface area contributed by atoms with Gasteiger partial charge in [-0.3, -0.25) is 0 Å². The third-order valence-electron chi connectivity index (χ3n) is 2.74. The Morgan fingerprint density at radius 2 is 1.95 bits per heavy atom. The zero-order chi connectivity index (χ0) is 13.8. The SMILES string of the molecule is CCCn1ncnc1CNc1c(Br)cc(C)cc1Br. The molecule has 0 radical (unpaired) electrons. The van der Waals surface area contributed by atoms with E-state index in [4.69, 9.17) is 0 Å².